The number of piperidine rings is 1. The number of aromatic nitrogens is 2. The first-order valence-corrected chi connectivity index (χ1v) is 12.0. The van der Waals surface area contributed by atoms with E-state index in [2.05, 4.69) is 9.88 Å². The molecule has 2 atom stereocenters. The van der Waals surface area contributed by atoms with Gasteiger partial charge in [-0.3, -0.25) is 9.47 Å². The van der Waals surface area contributed by atoms with Crippen LogP contribution in [0.5, 0.6) is 17.2 Å². The molecule has 3 aromatic rings. The number of hydrogen-bond acceptors (Lipinski definition) is 6. The van der Waals surface area contributed by atoms with Gasteiger partial charge in [-0.1, -0.05) is 11.6 Å². The van der Waals surface area contributed by atoms with E-state index in [0.717, 1.165) is 60.9 Å². The van der Waals surface area contributed by atoms with Crippen LogP contribution in [0.3, 0.4) is 0 Å². The monoisotopic (exact) mass is 487 g/mol. The first-order valence-electron chi connectivity index (χ1n) is 11.6. The van der Waals surface area contributed by atoms with Crippen molar-refractivity contribution in [1.82, 2.24) is 14.5 Å². The van der Waals surface area contributed by atoms with E-state index in [1.165, 1.54) is 0 Å². The standard InChI is InChI=1S/C25H30ClN3O5/c1-32-21-13-17-16(23(33-2)24(21)34-3)5-7-20(22(17)30)28-10-8-15(9-11-28)29-19-6-4-14(26)12-18(19)27-25(29)31/h4,6,12-13,15,20,22,30H,5,7-11H2,1-3H3,(H,27,31)/t20-,22-/m1/s1. The Hall–Kier alpha value is -2.68. The summed E-state index contributed by atoms with van der Waals surface area (Å²) in [6, 6.07) is 7.48. The SMILES string of the molecule is COc1cc2c(c(OC)c1OC)CC[C@@H](N1CCC(n3c(=O)[nH]c4cc(Cl)ccc43)CC1)[C@@H]2O. The number of H-pyrrole nitrogens is 1. The summed E-state index contributed by atoms with van der Waals surface area (Å²) in [6.07, 6.45) is 2.60. The molecular formula is C25H30ClN3O5. The molecule has 0 amide bonds. The number of halogens is 1. The van der Waals surface area contributed by atoms with Crippen molar-refractivity contribution in [3.63, 3.8) is 0 Å². The van der Waals surface area contributed by atoms with Gasteiger partial charge in [-0.05, 0) is 55.5 Å². The third-order valence-electron chi connectivity index (χ3n) is 7.35. The van der Waals surface area contributed by atoms with Crippen LogP contribution in [0.25, 0.3) is 11.0 Å². The van der Waals surface area contributed by atoms with Crippen LogP contribution in [-0.2, 0) is 6.42 Å². The molecular weight excluding hydrogens is 458 g/mol. The molecule has 34 heavy (non-hydrogen) atoms. The van der Waals surface area contributed by atoms with Gasteiger partial charge in [0.05, 0.1) is 38.5 Å². The minimum Gasteiger partial charge on any atom is -0.493 e. The lowest BCUT2D eigenvalue weighted by Gasteiger charge is -2.42. The summed E-state index contributed by atoms with van der Waals surface area (Å²) < 4.78 is 18.5. The molecule has 0 saturated carbocycles. The van der Waals surface area contributed by atoms with Gasteiger partial charge >= 0.3 is 5.69 Å². The highest BCUT2D eigenvalue weighted by Gasteiger charge is 2.37. The van der Waals surface area contributed by atoms with Gasteiger partial charge in [0.1, 0.15) is 0 Å². The second-order valence-electron chi connectivity index (χ2n) is 8.99. The Labute approximate surface area is 203 Å². The Morgan fingerprint density at radius 2 is 1.76 bits per heavy atom. The highest BCUT2D eigenvalue weighted by molar-refractivity contribution is 6.31. The van der Waals surface area contributed by atoms with Crippen LogP contribution in [0.2, 0.25) is 5.02 Å². The average Bonchev–Trinajstić information content (AvgIpc) is 3.17. The second-order valence-corrected chi connectivity index (χ2v) is 9.43. The van der Waals surface area contributed by atoms with E-state index in [1.807, 2.05) is 22.8 Å². The van der Waals surface area contributed by atoms with Crippen LogP contribution >= 0.6 is 11.6 Å². The van der Waals surface area contributed by atoms with Crippen LogP contribution in [0, 0.1) is 0 Å². The van der Waals surface area contributed by atoms with Gasteiger partial charge in [-0.25, -0.2) is 4.79 Å². The van der Waals surface area contributed by atoms with Crippen molar-refractivity contribution >= 4 is 22.6 Å². The number of ether oxygens (including phenoxy) is 3. The number of aromatic amines is 1. The number of methoxy groups -OCH3 is 3. The summed E-state index contributed by atoms with van der Waals surface area (Å²) in [4.78, 5) is 17.9. The molecule has 0 unspecified atom stereocenters. The van der Waals surface area contributed by atoms with Gasteiger partial charge in [0.2, 0.25) is 5.75 Å². The maximum Gasteiger partial charge on any atom is 0.326 e. The second kappa shape index (κ2) is 9.17. The van der Waals surface area contributed by atoms with E-state index < -0.39 is 6.10 Å². The van der Waals surface area contributed by atoms with Gasteiger partial charge in [0.15, 0.2) is 11.5 Å². The van der Waals surface area contributed by atoms with E-state index in [1.54, 1.807) is 27.4 Å². The minimum atomic E-state index is -0.660. The van der Waals surface area contributed by atoms with Crippen molar-refractivity contribution in [3.8, 4) is 17.2 Å². The number of rotatable bonds is 5. The van der Waals surface area contributed by atoms with Crippen LogP contribution in [0.4, 0.5) is 0 Å². The summed E-state index contributed by atoms with van der Waals surface area (Å²) >= 11 is 6.09. The average molecular weight is 488 g/mol. The molecule has 2 aliphatic rings. The lowest BCUT2D eigenvalue weighted by atomic mass is 9.83. The van der Waals surface area contributed by atoms with Crippen molar-refractivity contribution in [3.05, 3.63) is 50.9 Å². The zero-order valence-corrected chi connectivity index (χ0v) is 20.4. The number of imidazole rings is 1. The molecule has 9 heteroatoms. The van der Waals surface area contributed by atoms with Crippen molar-refractivity contribution in [2.24, 2.45) is 0 Å². The third-order valence-corrected chi connectivity index (χ3v) is 7.59. The highest BCUT2D eigenvalue weighted by Crippen LogP contribution is 2.48. The summed E-state index contributed by atoms with van der Waals surface area (Å²) in [5.41, 5.74) is 3.35. The third kappa shape index (κ3) is 3.74. The largest absolute Gasteiger partial charge is 0.493 e. The fraction of sp³-hybridized carbons (Fsp3) is 0.480. The molecule has 0 bridgehead atoms. The van der Waals surface area contributed by atoms with E-state index >= 15 is 0 Å². The fourth-order valence-electron chi connectivity index (χ4n) is 5.74. The van der Waals surface area contributed by atoms with E-state index in [0.29, 0.717) is 22.3 Å². The molecule has 8 nitrogen and oxygen atoms in total. The van der Waals surface area contributed by atoms with Gasteiger partial charge < -0.3 is 24.3 Å². The fourth-order valence-corrected chi connectivity index (χ4v) is 5.91. The van der Waals surface area contributed by atoms with Crippen molar-refractivity contribution in [2.75, 3.05) is 34.4 Å². The Morgan fingerprint density at radius 3 is 2.44 bits per heavy atom. The lowest BCUT2D eigenvalue weighted by Crippen LogP contribution is -2.47. The first-order chi connectivity index (χ1) is 16.5. The number of benzene rings is 2. The topological polar surface area (TPSA) is 89.0 Å². The Kier molecular flexibility index (Phi) is 6.22. The molecule has 182 valence electrons. The molecule has 5 rings (SSSR count). The smallest absolute Gasteiger partial charge is 0.326 e. The summed E-state index contributed by atoms with van der Waals surface area (Å²) in [5.74, 6) is 1.74. The zero-order chi connectivity index (χ0) is 24.0. The number of aliphatic hydroxyl groups excluding tert-OH is 1. The number of hydrogen-bond donors (Lipinski definition) is 2. The van der Waals surface area contributed by atoms with Crippen molar-refractivity contribution in [2.45, 2.75) is 43.9 Å². The van der Waals surface area contributed by atoms with Crippen LogP contribution < -0.4 is 19.9 Å². The molecule has 1 aliphatic heterocycles. The van der Waals surface area contributed by atoms with E-state index in [4.69, 9.17) is 25.8 Å². The van der Waals surface area contributed by atoms with E-state index in [9.17, 15) is 9.90 Å². The maximum atomic E-state index is 12.7. The molecule has 1 fully saturated rings. The lowest BCUT2D eigenvalue weighted by molar-refractivity contribution is 0.0182. The highest BCUT2D eigenvalue weighted by atomic mass is 35.5. The van der Waals surface area contributed by atoms with Gasteiger partial charge in [-0.2, -0.15) is 0 Å². The Morgan fingerprint density at radius 1 is 1.03 bits per heavy atom. The number of nitrogens with one attached hydrogen (secondary N) is 1. The Bertz CT molecular complexity index is 1260. The molecule has 0 radical (unpaired) electrons. The summed E-state index contributed by atoms with van der Waals surface area (Å²) in [7, 11) is 4.79. The first kappa shape index (κ1) is 23.1. The predicted molar refractivity (Wildman–Crippen MR) is 131 cm³/mol. The predicted octanol–water partition coefficient (Wildman–Crippen LogP) is 3.69. The van der Waals surface area contributed by atoms with Gasteiger partial charge in [0, 0.05) is 35.8 Å². The van der Waals surface area contributed by atoms with Gasteiger partial charge in [-0.15, -0.1) is 0 Å². The molecule has 2 heterocycles. The van der Waals surface area contributed by atoms with Crippen LogP contribution in [0.15, 0.2) is 29.1 Å². The number of nitrogens with zero attached hydrogens (tertiary/aromatic N) is 2. The number of likely N-dealkylation sites (tertiary alicyclic amines) is 1. The molecule has 2 aromatic carbocycles. The molecule has 1 aromatic heterocycles. The number of fused-ring (bicyclic) bond motifs is 2. The minimum absolute atomic E-state index is 0.00486. The molecule has 1 aliphatic carbocycles. The molecule has 1 saturated heterocycles. The Balaban J connectivity index is 1.36. The van der Waals surface area contributed by atoms with Crippen molar-refractivity contribution in [1.29, 1.82) is 0 Å². The summed E-state index contributed by atoms with van der Waals surface area (Å²) in [5, 5.41) is 12.0. The summed E-state index contributed by atoms with van der Waals surface area (Å²) in [6.45, 7) is 1.61. The van der Waals surface area contributed by atoms with E-state index in [-0.39, 0.29) is 17.8 Å². The molecule has 2 N–H and O–H groups in total. The van der Waals surface area contributed by atoms with Crippen LogP contribution in [0.1, 0.15) is 42.5 Å². The number of aliphatic hydroxyl groups is 1. The maximum absolute atomic E-state index is 12.7. The van der Waals surface area contributed by atoms with Crippen molar-refractivity contribution < 1.29 is 19.3 Å². The zero-order valence-electron chi connectivity index (χ0n) is 19.6. The quantitative estimate of drug-likeness (QED) is 0.570. The normalized spacial score (nSPS) is 21.4. The van der Waals surface area contributed by atoms with Crippen LogP contribution in [-0.4, -0.2) is 60.0 Å². The van der Waals surface area contributed by atoms with Gasteiger partial charge in [0.25, 0.3) is 0 Å². The molecule has 0 spiro atoms.